The Morgan fingerprint density at radius 3 is 2.39 bits per heavy atom. The molecule has 0 aliphatic carbocycles. The van der Waals surface area contributed by atoms with Crippen LogP contribution in [0.2, 0.25) is 0 Å². The number of rotatable bonds is 5. The molecule has 18 heavy (non-hydrogen) atoms. The molecule has 0 radical (unpaired) electrons. The number of amides is 2. The van der Waals surface area contributed by atoms with Crippen molar-refractivity contribution in [2.75, 3.05) is 23.7 Å². The number of nitrogen functional groups attached to an aromatic ring is 1. The molecule has 6 nitrogen and oxygen atoms in total. The first-order chi connectivity index (χ1) is 8.36. The Balaban J connectivity index is 3.25. The summed E-state index contributed by atoms with van der Waals surface area (Å²) in [6.45, 7) is 1.92. The average Bonchev–Trinajstić information content (AvgIpc) is 2.25. The van der Waals surface area contributed by atoms with Crippen molar-refractivity contribution in [3.63, 3.8) is 0 Å². The van der Waals surface area contributed by atoms with Crippen LogP contribution in [0.4, 0.5) is 15.8 Å². The predicted molar refractivity (Wildman–Crippen MR) is 66.4 cm³/mol. The third kappa shape index (κ3) is 2.88. The van der Waals surface area contributed by atoms with Crippen molar-refractivity contribution in [3.05, 3.63) is 23.5 Å². The van der Waals surface area contributed by atoms with Crippen LogP contribution >= 0.6 is 0 Å². The summed E-state index contributed by atoms with van der Waals surface area (Å²) >= 11 is 0. The highest BCUT2D eigenvalue weighted by Crippen LogP contribution is 2.25. The largest absolute Gasteiger partial charge is 0.398 e. The van der Waals surface area contributed by atoms with Crippen LogP contribution in [0.15, 0.2) is 12.1 Å². The molecule has 2 amide bonds. The van der Waals surface area contributed by atoms with Gasteiger partial charge in [0.25, 0.3) is 5.91 Å². The fourth-order valence-electron chi connectivity index (χ4n) is 1.59. The Morgan fingerprint density at radius 1 is 1.33 bits per heavy atom. The molecule has 6 N–H and O–H groups in total. The number of likely N-dealkylation sites (N-methyl/N-ethyl adjacent to an activating group) is 1. The summed E-state index contributed by atoms with van der Waals surface area (Å²) in [6, 6.07) is 2.22. The van der Waals surface area contributed by atoms with Crippen molar-refractivity contribution in [1.29, 1.82) is 0 Å². The van der Waals surface area contributed by atoms with Gasteiger partial charge in [0.2, 0.25) is 5.91 Å². The van der Waals surface area contributed by atoms with E-state index in [0.29, 0.717) is 6.54 Å². The van der Waals surface area contributed by atoms with E-state index in [4.69, 9.17) is 17.2 Å². The third-order valence-electron chi connectivity index (χ3n) is 2.45. The molecule has 0 heterocycles. The molecule has 0 bridgehead atoms. The summed E-state index contributed by atoms with van der Waals surface area (Å²) in [7, 11) is 0. The molecule has 0 spiro atoms. The van der Waals surface area contributed by atoms with Gasteiger partial charge in [0.05, 0.1) is 17.8 Å². The van der Waals surface area contributed by atoms with E-state index in [0.717, 1.165) is 6.07 Å². The first-order valence-corrected chi connectivity index (χ1v) is 5.28. The van der Waals surface area contributed by atoms with Crippen molar-refractivity contribution >= 4 is 23.2 Å². The van der Waals surface area contributed by atoms with Gasteiger partial charge >= 0.3 is 0 Å². The minimum atomic E-state index is -0.760. The van der Waals surface area contributed by atoms with Crippen molar-refractivity contribution < 1.29 is 14.0 Å². The molecule has 0 aliphatic heterocycles. The Bertz CT molecular complexity index is 490. The van der Waals surface area contributed by atoms with Gasteiger partial charge in [0.1, 0.15) is 5.82 Å². The zero-order chi connectivity index (χ0) is 13.9. The van der Waals surface area contributed by atoms with Gasteiger partial charge in [-0.3, -0.25) is 9.59 Å². The van der Waals surface area contributed by atoms with Crippen molar-refractivity contribution in [1.82, 2.24) is 0 Å². The Kier molecular flexibility index (Phi) is 4.09. The quantitative estimate of drug-likeness (QED) is 0.632. The van der Waals surface area contributed by atoms with Gasteiger partial charge in [-0.15, -0.1) is 0 Å². The number of nitrogens with zero attached hydrogens (tertiary/aromatic N) is 1. The van der Waals surface area contributed by atoms with Crippen LogP contribution in [0.3, 0.4) is 0 Å². The molecule has 0 aromatic heterocycles. The molecule has 0 saturated carbocycles. The van der Waals surface area contributed by atoms with Gasteiger partial charge in [0.15, 0.2) is 0 Å². The van der Waals surface area contributed by atoms with Gasteiger partial charge in [-0.05, 0) is 19.1 Å². The number of anilines is 2. The SMILES string of the molecule is CCN(CC(N)=O)c1cc(C(N)=O)c(N)cc1F. The number of nitrogens with two attached hydrogens (primary N) is 3. The van der Waals surface area contributed by atoms with Crippen LogP contribution in [0.1, 0.15) is 17.3 Å². The molecule has 0 unspecified atom stereocenters. The maximum absolute atomic E-state index is 13.8. The molecular formula is C11H15FN4O2. The topological polar surface area (TPSA) is 115 Å². The Morgan fingerprint density at radius 2 is 1.94 bits per heavy atom. The zero-order valence-corrected chi connectivity index (χ0v) is 9.94. The summed E-state index contributed by atoms with van der Waals surface area (Å²) in [5.41, 5.74) is 15.7. The van der Waals surface area contributed by atoms with Crippen LogP contribution in [-0.4, -0.2) is 24.9 Å². The second-order valence-electron chi connectivity index (χ2n) is 3.74. The van der Waals surface area contributed by atoms with Crippen LogP contribution < -0.4 is 22.1 Å². The van der Waals surface area contributed by atoms with Crippen molar-refractivity contribution in [2.24, 2.45) is 11.5 Å². The first-order valence-electron chi connectivity index (χ1n) is 5.28. The van der Waals surface area contributed by atoms with E-state index < -0.39 is 17.6 Å². The lowest BCUT2D eigenvalue weighted by atomic mass is 10.1. The number of hydrogen-bond donors (Lipinski definition) is 3. The highest BCUT2D eigenvalue weighted by atomic mass is 19.1. The smallest absolute Gasteiger partial charge is 0.250 e. The fourth-order valence-corrected chi connectivity index (χ4v) is 1.59. The summed E-state index contributed by atoms with van der Waals surface area (Å²) in [5.74, 6) is -2.00. The monoisotopic (exact) mass is 254 g/mol. The summed E-state index contributed by atoms with van der Waals surface area (Å²) < 4.78 is 13.8. The first kappa shape index (κ1) is 13.8. The lowest BCUT2D eigenvalue weighted by Crippen LogP contribution is -2.34. The molecule has 0 atom stereocenters. The number of carbonyl (C=O) groups excluding carboxylic acids is 2. The number of benzene rings is 1. The van der Waals surface area contributed by atoms with E-state index in [1.807, 2.05) is 0 Å². The van der Waals surface area contributed by atoms with Crippen LogP contribution in [0, 0.1) is 5.82 Å². The van der Waals surface area contributed by atoms with Crippen LogP contribution in [0.25, 0.3) is 0 Å². The van der Waals surface area contributed by atoms with E-state index in [1.165, 1.54) is 11.0 Å². The summed E-state index contributed by atoms with van der Waals surface area (Å²) in [6.07, 6.45) is 0. The normalized spacial score (nSPS) is 10.1. The second-order valence-corrected chi connectivity index (χ2v) is 3.74. The molecular weight excluding hydrogens is 239 g/mol. The van der Waals surface area contributed by atoms with Crippen LogP contribution in [0.5, 0.6) is 0 Å². The lowest BCUT2D eigenvalue weighted by molar-refractivity contribution is -0.116. The number of primary amides is 2. The van der Waals surface area contributed by atoms with Gasteiger partial charge in [-0.1, -0.05) is 0 Å². The Labute approximate surface area is 104 Å². The highest BCUT2D eigenvalue weighted by Gasteiger charge is 2.17. The predicted octanol–water partition coefficient (Wildman–Crippen LogP) is -0.182. The molecule has 0 fully saturated rings. The standard InChI is InChI=1S/C11H15FN4O2/c1-2-16(5-10(14)17)9-3-6(11(15)18)8(13)4-7(9)12/h3-4H,2,5,13H2,1H3,(H2,14,17)(H2,15,18). The molecule has 0 aliphatic rings. The second kappa shape index (κ2) is 5.35. The number of halogens is 1. The molecule has 98 valence electrons. The molecule has 1 aromatic rings. The number of hydrogen-bond acceptors (Lipinski definition) is 4. The van der Waals surface area contributed by atoms with Gasteiger partial charge < -0.3 is 22.1 Å². The van der Waals surface area contributed by atoms with E-state index in [2.05, 4.69) is 0 Å². The maximum atomic E-state index is 13.8. The van der Waals surface area contributed by atoms with Crippen molar-refractivity contribution in [2.45, 2.75) is 6.92 Å². The van der Waals surface area contributed by atoms with E-state index in [9.17, 15) is 14.0 Å². The fraction of sp³-hybridized carbons (Fsp3) is 0.273. The van der Waals surface area contributed by atoms with E-state index in [1.54, 1.807) is 6.92 Å². The van der Waals surface area contributed by atoms with Gasteiger partial charge in [0, 0.05) is 12.2 Å². The lowest BCUT2D eigenvalue weighted by Gasteiger charge is -2.22. The third-order valence-corrected chi connectivity index (χ3v) is 2.45. The van der Waals surface area contributed by atoms with E-state index in [-0.39, 0.29) is 23.5 Å². The average molecular weight is 254 g/mol. The molecule has 7 heteroatoms. The Hall–Kier alpha value is -2.31. The van der Waals surface area contributed by atoms with Gasteiger partial charge in [-0.25, -0.2) is 4.39 Å². The minimum absolute atomic E-state index is 0.00863. The van der Waals surface area contributed by atoms with Crippen LogP contribution in [-0.2, 0) is 4.79 Å². The minimum Gasteiger partial charge on any atom is -0.398 e. The highest BCUT2D eigenvalue weighted by molar-refractivity contribution is 5.99. The molecule has 1 aromatic carbocycles. The number of carbonyl (C=O) groups is 2. The van der Waals surface area contributed by atoms with Gasteiger partial charge in [-0.2, -0.15) is 0 Å². The van der Waals surface area contributed by atoms with E-state index >= 15 is 0 Å². The molecule has 0 saturated heterocycles. The maximum Gasteiger partial charge on any atom is 0.250 e. The molecule has 1 rings (SSSR count). The summed E-state index contributed by atoms with van der Waals surface area (Å²) in [5, 5.41) is 0. The van der Waals surface area contributed by atoms with Crippen molar-refractivity contribution in [3.8, 4) is 0 Å². The summed E-state index contributed by atoms with van der Waals surface area (Å²) in [4.78, 5) is 23.4. The zero-order valence-electron chi connectivity index (χ0n) is 9.94.